The Morgan fingerprint density at radius 2 is 2.05 bits per heavy atom. The molecule has 0 heterocycles. The summed E-state index contributed by atoms with van der Waals surface area (Å²) in [5.74, 6) is -0.389. The molecule has 0 radical (unpaired) electrons. The topological polar surface area (TPSA) is 55.4 Å². The summed E-state index contributed by atoms with van der Waals surface area (Å²) in [4.78, 5) is 23.0. The molecule has 1 amide bonds. The highest BCUT2D eigenvalue weighted by Gasteiger charge is 2.40. The second-order valence-electron chi connectivity index (χ2n) is 4.60. The maximum absolute atomic E-state index is 11.6. The van der Waals surface area contributed by atoms with E-state index in [9.17, 15) is 9.59 Å². The second-order valence-corrected chi connectivity index (χ2v) is 5.42. The van der Waals surface area contributed by atoms with Crippen LogP contribution in [-0.4, -0.2) is 18.5 Å². The molecule has 4 nitrogen and oxygen atoms in total. The summed E-state index contributed by atoms with van der Waals surface area (Å²) >= 11 is 11.6. The lowest BCUT2D eigenvalue weighted by atomic mass is 10.3. The number of nitrogens with one attached hydrogen (secondary N) is 1. The molecule has 1 aliphatic rings. The summed E-state index contributed by atoms with van der Waals surface area (Å²) in [5, 5.41) is 3.34. The van der Waals surface area contributed by atoms with Crippen molar-refractivity contribution in [2.75, 3.05) is 11.9 Å². The number of ether oxygens (including phenoxy) is 1. The Labute approximate surface area is 121 Å². The Kier molecular flexibility index (Phi) is 4.32. The lowest BCUT2D eigenvalue weighted by Crippen LogP contribution is -2.21. The van der Waals surface area contributed by atoms with Gasteiger partial charge in [-0.2, -0.15) is 0 Å². The summed E-state index contributed by atoms with van der Waals surface area (Å²) in [5.41, 5.74) is 0.509. The zero-order valence-corrected chi connectivity index (χ0v) is 11.8. The fourth-order valence-electron chi connectivity index (χ4n) is 1.67. The number of halogens is 2. The van der Waals surface area contributed by atoms with Gasteiger partial charge in [-0.25, -0.2) is 0 Å². The van der Waals surface area contributed by atoms with Crippen LogP contribution in [0.5, 0.6) is 0 Å². The molecule has 0 aromatic heterocycles. The van der Waals surface area contributed by atoms with Crippen molar-refractivity contribution < 1.29 is 14.3 Å². The van der Waals surface area contributed by atoms with E-state index in [1.807, 2.05) is 6.92 Å². The third-order valence-corrected chi connectivity index (χ3v) is 3.70. The Morgan fingerprint density at radius 3 is 2.63 bits per heavy atom. The van der Waals surface area contributed by atoms with E-state index in [1.54, 1.807) is 12.1 Å². The van der Waals surface area contributed by atoms with Gasteiger partial charge in [0, 0.05) is 5.69 Å². The van der Waals surface area contributed by atoms with Gasteiger partial charge in [-0.15, -0.1) is 0 Å². The number of carbonyl (C=O) groups is 2. The first-order valence-corrected chi connectivity index (χ1v) is 6.64. The molecule has 19 heavy (non-hydrogen) atoms. The van der Waals surface area contributed by atoms with E-state index in [2.05, 4.69) is 5.32 Å². The number of carbonyl (C=O) groups excluding carboxylic acids is 2. The smallest absolute Gasteiger partial charge is 0.309 e. The van der Waals surface area contributed by atoms with Crippen LogP contribution in [0.25, 0.3) is 0 Å². The van der Waals surface area contributed by atoms with Crippen molar-refractivity contribution in [1.82, 2.24) is 0 Å². The van der Waals surface area contributed by atoms with Gasteiger partial charge in [-0.3, -0.25) is 9.59 Å². The Balaban J connectivity index is 1.80. The third kappa shape index (κ3) is 3.85. The predicted molar refractivity (Wildman–Crippen MR) is 73.3 cm³/mol. The summed E-state index contributed by atoms with van der Waals surface area (Å²) in [6, 6.07) is 4.74. The highest BCUT2D eigenvalue weighted by atomic mass is 35.5. The molecule has 1 N–H and O–H groups in total. The molecule has 0 bridgehead atoms. The van der Waals surface area contributed by atoms with Crippen LogP contribution in [0.4, 0.5) is 5.69 Å². The fraction of sp³-hybridized carbons (Fsp3) is 0.385. The molecule has 2 atom stereocenters. The molecule has 102 valence electrons. The van der Waals surface area contributed by atoms with Crippen LogP contribution in [0.1, 0.15) is 13.3 Å². The maximum Gasteiger partial charge on any atom is 0.309 e. The van der Waals surface area contributed by atoms with E-state index in [-0.39, 0.29) is 18.5 Å². The first-order valence-electron chi connectivity index (χ1n) is 5.89. The molecular weight excluding hydrogens is 289 g/mol. The predicted octanol–water partition coefficient (Wildman–Crippen LogP) is 3.13. The standard InChI is InChI=1S/C13H13Cl2NO3/c1-7-4-9(7)13(18)19-6-12(17)16-8-2-3-10(14)11(15)5-8/h2-3,5,7,9H,4,6H2,1H3,(H,16,17)/t7-,9-/m1/s1. The van der Waals surface area contributed by atoms with Gasteiger partial charge in [0.25, 0.3) is 5.91 Å². The van der Waals surface area contributed by atoms with E-state index in [4.69, 9.17) is 27.9 Å². The minimum atomic E-state index is -0.403. The largest absolute Gasteiger partial charge is 0.455 e. The van der Waals surface area contributed by atoms with Crippen molar-refractivity contribution in [2.24, 2.45) is 11.8 Å². The van der Waals surface area contributed by atoms with Gasteiger partial charge in [0.15, 0.2) is 6.61 Å². The number of benzene rings is 1. The van der Waals surface area contributed by atoms with Crippen LogP contribution in [0.2, 0.25) is 10.0 Å². The molecule has 1 saturated carbocycles. The van der Waals surface area contributed by atoms with Gasteiger partial charge in [0.2, 0.25) is 0 Å². The van der Waals surface area contributed by atoms with Gasteiger partial charge in [-0.05, 0) is 30.5 Å². The molecule has 1 aromatic carbocycles. The molecule has 2 rings (SSSR count). The summed E-state index contributed by atoms with van der Waals surface area (Å²) in [6.07, 6.45) is 0.841. The zero-order chi connectivity index (χ0) is 14.0. The van der Waals surface area contributed by atoms with Crippen molar-refractivity contribution in [3.05, 3.63) is 28.2 Å². The molecular formula is C13H13Cl2NO3. The van der Waals surface area contributed by atoms with Gasteiger partial charge in [-0.1, -0.05) is 30.1 Å². The van der Waals surface area contributed by atoms with Gasteiger partial charge in [0.1, 0.15) is 0 Å². The van der Waals surface area contributed by atoms with E-state index in [0.29, 0.717) is 21.7 Å². The Morgan fingerprint density at radius 1 is 1.37 bits per heavy atom. The van der Waals surface area contributed by atoms with Crippen molar-refractivity contribution in [1.29, 1.82) is 0 Å². The molecule has 0 saturated heterocycles. The zero-order valence-electron chi connectivity index (χ0n) is 10.3. The van der Waals surface area contributed by atoms with Crippen LogP contribution in [-0.2, 0) is 14.3 Å². The number of amides is 1. The summed E-state index contributed by atoms with van der Waals surface area (Å²) in [7, 11) is 0. The molecule has 1 aliphatic carbocycles. The van der Waals surface area contributed by atoms with Crippen molar-refractivity contribution in [3.63, 3.8) is 0 Å². The van der Waals surface area contributed by atoms with Crippen molar-refractivity contribution in [2.45, 2.75) is 13.3 Å². The van der Waals surface area contributed by atoms with Crippen LogP contribution in [0.3, 0.4) is 0 Å². The first-order chi connectivity index (χ1) is 8.97. The third-order valence-electron chi connectivity index (χ3n) is 2.96. The van der Waals surface area contributed by atoms with E-state index in [0.717, 1.165) is 6.42 Å². The van der Waals surface area contributed by atoms with Crippen LogP contribution in [0.15, 0.2) is 18.2 Å². The molecule has 0 aliphatic heterocycles. The number of esters is 1. The minimum Gasteiger partial charge on any atom is -0.455 e. The average molecular weight is 302 g/mol. The Hall–Kier alpha value is -1.26. The van der Waals surface area contributed by atoms with E-state index in [1.165, 1.54) is 6.07 Å². The Bertz CT molecular complexity index is 519. The number of hydrogen-bond donors (Lipinski definition) is 1. The highest BCUT2D eigenvalue weighted by Crippen LogP contribution is 2.38. The SMILES string of the molecule is C[C@@H]1C[C@H]1C(=O)OCC(=O)Nc1ccc(Cl)c(Cl)c1. The van der Waals surface area contributed by atoms with Crippen LogP contribution in [0, 0.1) is 11.8 Å². The minimum absolute atomic E-state index is 0.0437. The quantitative estimate of drug-likeness (QED) is 0.869. The van der Waals surface area contributed by atoms with Crippen LogP contribution < -0.4 is 5.32 Å². The lowest BCUT2D eigenvalue weighted by Gasteiger charge is -2.07. The lowest BCUT2D eigenvalue weighted by molar-refractivity contribution is -0.148. The van der Waals surface area contributed by atoms with Crippen molar-refractivity contribution in [3.8, 4) is 0 Å². The van der Waals surface area contributed by atoms with E-state index >= 15 is 0 Å². The van der Waals surface area contributed by atoms with E-state index < -0.39 is 5.91 Å². The maximum atomic E-state index is 11.6. The molecule has 0 spiro atoms. The van der Waals surface area contributed by atoms with Crippen molar-refractivity contribution >= 4 is 40.8 Å². The summed E-state index contributed by atoms with van der Waals surface area (Å²) in [6.45, 7) is 1.68. The van der Waals surface area contributed by atoms with Gasteiger partial charge < -0.3 is 10.1 Å². The molecule has 6 heteroatoms. The highest BCUT2D eigenvalue weighted by molar-refractivity contribution is 6.42. The van der Waals surface area contributed by atoms with Gasteiger partial charge in [0.05, 0.1) is 16.0 Å². The average Bonchev–Trinajstić information content (AvgIpc) is 3.08. The second kappa shape index (κ2) is 5.80. The molecule has 1 fully saturated rings. The fourth-order valence-corrected chi connectivity index (χ4v) is 1.96. The van der Waals surface area contributed by atoms with Crippen LogP contribution >= 0.6 is 23.2 Å². The molecule has 0 unspecified atom stereocenters. The summed E-state index contributed by atoms with van der Waals surface area (Å²) < 4.78 is 4.91. The number of anilines is 1. The number of hydrogen-bond acceptors (Lipinski definition) is 3. The number of rotatable bonds is 4. The normalized spacial score (nSPS) is 20.8. The van der Waals surface area contributed by atoms with Gasteiger partial charge >= 0.3 is 5.97 Å². The monoisotopic (exact) mass is 301 g/mol. The first kappa shape index (κ1) is 14.2. The molecule has 1 aromatic rings.